The van der Waals surface area contributed by atoms with Crippen LogP contribution in [-0.2, 0) is 4.79 Å². The van der Waals surface area contributed by atoms with E-state index in [1.54, 1.807) is 0 Å². The maximum Gasteiger partial charge on any atom is 0.389 e. The molecule has 0 unspecified atom stereocenters. The minimum Gasteiger partial charge on any atom is -0.355 e. The number of carbonyl (C=O) groups is 1. The van der Waals surface area contributed by atoms with Crippen LogP contribution in [0.3, 0.4) is 0 Å². The van der Waals surface area contributed by atoms with E-state index < -0.39 is 12.6 Å². The fourth-order valence-corrected chi connectivity index (χ4v) is 1.18. The molecule has 0 radical (unpaired) electrons. The van der Waals surface area contributed by atoms with E-state index in [0.717, 1.165) is 6.42 Å². The lowest BCUT2D eigenvalue weighted by Crippen LogP contribution is -2.35. The van der Waals surface area contributed by atoms with Gasteiger partial charge >= 0.3 is 6.18 Å². The van der Waals surface area contributed by atoms with Crippen LogP contribution in [0.2, 0.25) is 0 Å². The molecule has 0 saturated heterocycles. The summed E-state index contributed by atoms with van der Waals surface area (Å²) in [5, 5.41) is 5.38. The molecule has 0 aliphatic heterocycles. The van der Waals surface area contributed by atoms with Crippen LogP contribution in [-0.4, -0.2) is 31.7 Å². The molecule has 0 bridgehead atoms. The van der Waals surface area contributed by atoms with Gasteiger partial charge in [-0.3, -0.25) is 4.79 Å². The Balaban J connectivity index is 3.34. The molecule has 1 amide bonds. The third-order valence-corrected chi connectivity index (χ3v) is 2.14. The van der Waals surface area contributed by atoms with E-state index >= 15 is 0 Å². The van der Waals surface area contributed by atoms with Gasteiger partial charge in [0.15, 0.2) is 0 Å². The summed E-state index contributed by atoms with van der Waals surface area (Å²) in [5.74, 6) is 0.354. The van der Waals surface area contributed by atoms with Gasteiger partial charge in [-0.2, -0.15) is 13.2 Å². The van der Waals surface area contributed by atoms with Crippen molar-refractivity contribution in [3.8, 4) is 0 Å². The van der Waals surface area contributed by atoms with Gasteiger partial charge in [-0.15, -0.1) is 0 Å². The highest BCUT2D eigenvalue weighted by Crippen LogP contribution is 2.20. The van der Waals surface area contributed by atoms with E-state index in [9.17, 15) is 18.0 Å². The van der Waals surface area contributed by atoms with E-state index in [-0.39, 0.29) is 25.4 Å². The van der Waals surface area contributed by atoms with E-state index in [1.165, 1.54) is 0 Å². The van der Waals surface area contributed by atoms with Crippen LogP contribution in [0.4, 0.5) is 13.2 Å². The predicted octanol–water partition coefficient (Wildman–Crippen LogP) is 2.08. The molecule has 102 valence electrons. The van der Waals surface area contributed by atoms with Gasteiger partial charge in [0.1, 0.15) is 0 Å². The molecule has 0 saturated carbocycles. The molecule has 0 aliphatic carbocycles. The van der Waals surface area contributed by atoms with Crippen molar-refractivity contribution in [2.24, 2.45) is 5.92 Å². The first-order valence-electron chi connectivity index (χ1n) is 5.85. The van der Waals surface area contributed by atoms with Gasteiger partial charge < -0.3 is 10.6 Å². The van der Waals surface area contributed by atoms with Gasteiger partial charge in [0, 0.05) is 13.0 Å². The zero-order valence-electron chi connectivity index (χ0n) is 10.4. The van der Waals surface area contributed by atoms with Crippen LogP contribution in [0.25, 0.3) is 0 Å². The normalized spacial score (nSPS) is 11.9. The Morgan fingerprint density at radius 3 is 2.41 bits per heavy atom. The summed E-state index contributed by atoms with van der Waals surface area (Å²) in [6.45, 7) is 5.01. The monoisotopic (exact) mass is 254 g/mol. The third kappa shape index (κ3) is 13.2. The number of carbonyl (C=O) groups excluding carboxylic acids is 1. The second-order valence-electron chi connectivity index (χ2n) is 4.43. The highest BCUT2D eigenvalue weighted by Gasteiger charge is 2.25. The molecule has 0 fully saturated rings. The van der Waals surface area contributed by atoms with Gasteiger partial charge in [0.05, 0.1) is 6.54 Å². The molecule has 17 heavy (non-hydrogen) atoms. The van der Waals surface area contributed by atoms with E-state index in [4.69, 9.17) is 0 Å². The largest absolute Gasteiger partial charge is 0.389 e. The van der Waals surface area contributed by atoms with Gasteiger partial charge in [0.25, 0.3) is 0 Å². The van der Waals surface area contributed by atoms with Crippen LogP contribution in [0, 0.1) is 5.92 Å². The lowest BCUT2D eigenvalue weighted by molar-refractivity contribution is -0.135. The first-order chi connectivity index (χ1) is 7.81. The van der Waals surface area contributed by atoms with E-state index in [1.807, 2.05) is 0 Å². The Bertz CT molecular complexity index is 217. The van der Waals surface area contributed by atoms with Crippen LogP contribution >= 0.6 is 0 Å². The predicted molar refractivity (Wildman–Crippen MR) is 60.6 cm³/mol. The Hall–Kier alpha value is -0.780. The number of alkyl halides is 3. The average Bonchev–Trinajstić information content (AvgIpc) is 2.14. The van der Waals surface area contributed by atoms with Crippen LogP contribution in [0.5, 0.6) is 0 Å². The second kappa shape index (κ2) is 8.33. The minimum atomic E-state index is -4.11. The number of rotatable bonds is 8. The smallest absolute Gasteiger partial charge is 0.355 e. The standard InChI is InChI=1S/C11H21F3N2O/c1-9(2)4-7-16-10(17)8-15-6-3-5-11(12,13)14/h9,15H,3-8H2,1-2H3,(H,16,17). The third-order valence-electron chi connectivity index (χ3n) is 2.14. The first-order valence-corrected chi connectivity index (χ1v) is 5.85. The van der Waals surface area contributed by atoms with E-state index in [2.05, 4.69) is 24.5 Å². The summed E-state index contributed by atoms with van der Waals surface area (Å²) >= 11 is 0. The Kier molecular flexibility index (Phi) is 7.95. The summed E-state index contributed by atoms with van der Waals surface area (Å²) in [4.78, 5) is 11.2. The molecule has 3 nitrogen and oxygen atoms in total. The highest BCUT2D eigenvalue weighted by molar-refractivity contribution is 5.77. The van der Waals surface area contributed by atoms with Crippen molar-refractivity contribution < 1.29 is 18.0 Å². The van der Waals surface area contributed by atoms with Crippen molar-refractivity contribution in [1.29, 1.82) is 0 Å². The van der Waals surface area contributed by atoms with Gasteiger partial charge in [-0.25, -0.2) is 0 Å². The molecular weight excluding hydrogens is 233 g/mol. The lowest BCUT2D eigenvalue weighted by Gasteiger charge is -2.09. The van der Waals surface area contributed by atoms with Crippen molar-refractivity contribution in [1.82, 2.24) is 10.6 Å². The lowest BCUT2D eigenvalue weighted by atomic mass is 10.1. The Labute approximate surface area is 100 Å². The van der Waals surface area contributed by atoms with Crippen LogP contribution in [0.15, 0.2) is 0 Å². The maximum atomic E-state index is 11.8. The number of halogens is 3. The van der Waals surface area contributed by atoms with Crippen LogP contribution < -0.4 is 10.6 Å². The SMILES string of the molecule is CC(C)CCNC(=O)CNCCCC(F)(F)F. The number of amides is 1. The Morgan fingerprint density at radius 1 is 1.24 bits per heavy atom. The molecule has 0 spiro atoms. The summed E-state index contributed by atoms with van der Waals surface area (Å²) in [6.07, 6.45) is -4.02. The number of hydrogen-bond acceptors (Lipinski definition) is 2. The fraction of sp³-hybridized carbons (Fsp3) is 0.909. The quantitative estimate of drug-likeness (QED) is 0.651. The molecule has 0 aromatic rings. The van der Waals surface area contributed by atoms with Gasteiger partial charge in [0.2, 0.25) is 5.91 Å². The van der Waals surface area contributed by atoms with Crippen LogP contribution in [0.1, 0.15) is 33.1 Å². The zero-order valence-corrected chi connectivity index (χ0v) is 10.4. The topological polar surface area (TPSA) is 41.1 Å². The molecule has 0 heterocycles. The molecule has 0 aromatic heterocycles. The van der Waals surface area contributed by atoms with Crippen molar-refractivity contribution in [2.45, 2.75) is 39.3 Å². The summed E-state index contributed by atoms with van der Waals surface area (Å²) in [5.41, 5.74) is 0. The Morgan fingerprint density at radius 2 is 1.88 bits per heavy atom. The summed E-state index contributed by atoms with van der Waals surface area (Å²) in [7, 11) is 0. The molecular formula is C11H21F3N2O. The minimum absolute atomic E-state index is 0.00275. The average molecular weight is 254 g/mol. The van der Waals surface area contributed by atoms with Gasteiger partial charge in [-0.1, -0.05) is 13.8 Å². The number of hydrogen-bond donors (Lipinski definition) is 2. The maximum absolute atomic E-state index is 11.8. The van der Waals surface area contributed by atoms with Gasteiger partial charge in [-0.05, 0) is 25.3 Å². The molecule has 0 aliphatic rings. The second-order valence-corrected chi connectivity index (χ2v) is 4.43. The molecule has 0 rings (SSSR count). The number of nitrogens with one attached hydrogen (secondary N) is 2. The summed E-state index contributed by atoms with van der Waals surface area (Å²) in [6, 6.07) is 0. The summed E-state index contributed by atoms with van der Waals surface area (Å²) < 4.78 is 35.3. The van der Waals surface area contributed by atoms with Crippen molar-refractivity contribution >= 4 is 5.91 Å². The molecule has 2 N–H and O–H groups in total. The molecule has 0 aromatic carbocycles. The zero-order chi connectivity index (χ0) is 13.3. The van der Waals surface area contributed by atoms with Crippen molar-refractivity contribution in [3.05, 3.63) is 0 Å². The van der Waals surface area contributed by atoms with Crippen molar-refractivity contribution in [2.75, 3.05) is 19.6 Å². The molecule has 0 atom stereocenters. The highest BCUT2D eigenvalue weighted by atomic mass is 19.4. The fourth-order valence-electron chi connectivity index (χ4n) is 1.18. The van der Waals surface area contributed by atoms with Crippen molar-refractivity contribution in [3.63, 3.8) is 0 Å². The first kappa shape index (κ1) is 16.2. The molecule has 6 heteroatoms. The van der Waals surface area contributed by atoms with E-state index in [0.29, 0.717) is 12.5 Å².